The van der Waals surface area contributed by atoms with Crippen molar-refractivity contribution in [1.82, 2.24) is 20.0 Å². The predicted octanol–water partition coefficient (Wildman–Crippen LogP) is 3.38. The standard InChI is InChI=1S/C23H27FN4O2/c1-15-6-7-17(24)11-16(15)13-25-18-8-9-21-20(12-18)22(26-28(21)3)23(29)27(2)14-19-5-4-10-30-19/h4-7,10-11,18,25H,8-9,12-14H2,1-3H3/t18-/m1/s1. The topological polar surface area (TPSA) is 63.3 Å². The van der Waals surface area contributed by atoms with Gasteiger partial charge >= 0.3 is 0 Å². The molecule has 1 aromatic carbocycles. The molecular formula is C23H27FN4O2. The maximum atomic E-state index is 13.6. The Morgan fingerprint density at radius 1 is 1.40 bits per heavy atom. The maximum Gasteiger partial charge on any atom is 0.274 e. The fraction of sp³-hybridized carbons (Fsp3) is 0.391. The summed E-state index contributed by atoms with van der Waals surface area (Å²) in [6.07, 6.45) is 4.14. The van der Waals surface area contributed by atoms with Crippen molar-refractivity contribution < 1.29 is 13.6 Å². The smallest absolute Gasteiger partial charge is 0.274 e. The van der Waals surface area contributed by atoms with Crippen LogP contribution in [0.4, 0.5) is 4.39 Å². The van der Waals surface area contributed by atoms with Crippen molar-refractivity contribution in [3.63, 3.8) is 0 Å². The van der Waals surface area contributed by atoms with Gasteiger partial charge in [0.15, 0.2) is 5.69 Å². The van der Waals surface area contributed by atoms with E-state index < -0.39 is 0 Å². The van der Waals surface area contributed by atoms with Crippen molar-refractivity contribution in [3.8, 4) is 0 Å². The van der Waals surface area contributed by atoms with Crippen LogP contribution in [0.3, 0.4) is 0 Å². The van der Waals surface area contributed by atoms with E-state index in [1.807, 2.05) is 30.8 Å². The van der Waals surface area contributed by atoms with E-state index in [2.05, 4.69) is 10.4 Å². The lowest BCUT2D eigenvalue weighted by Gasteiger charge is -2.25. The molecule has 7 heteroatoms. The van der Waals surface area contributed by atoms with Crippen molar-refractivity contribution in [2.24, 2.45) is 7.05 Å². The van der Waals surface area contributed by atoms with Crippen LogP contribution in [0.25, 0.3) is 0 Å². The summed E-state index contributed by atoms with van der Waals surface area (Å²) in [5.74, 6) is 0.411. The van der Waals surface area contributed by atoms with E-state index in [0.717, 1.165) is 47.4 Å². The number of nitrogens with zero attached hydrogens (tertiary/aromatic N) is 3. The number of benzene rings is 1. The summed E-state index contributed by atoms with van der Waals surface area (Å²) in [6, 6.07) is 8.75. The average molecular weight is 410 g/mol. The minimum absolute atomic E-state index is 0.107. The molecule has 2 heterocycles. The SMILES string of the molecule is Cc1ccc(F)cc1CN[C@@H]1CCc2c(c(C(=O)N(C)Cc3ccco3)nn2C)C1. The second-order valence-electron chi connectivity index (χ2n) is 8.03. The molecule has 0 radical (unpaired) electrons. The largest absolute Gasteiger partial charge is 0.467 e. The molecule has 0 unspecified atom stereocenters. The summed E-state index contributed by atoms with van der Waals surface area (Å²) >= 11 is 0. The van der Waals surface area contributed by atoms with Gasteiger partial charge in [0.05, 0.1) is 12.8 Å². The molecule has 158 valence electrons. The summed E-state index contributed by atoms with van der Waals surface area (Å²) in [4.78, 5) is 14.7. The fourth-order valence-corrected chi connectivity index (χ4v) is 4.11. The Bertz CT molecular complexity index is 1040. The van der Waals surface area contributed by atoms with E-state index in [1.54, 1.807) is 30.3 Å². The van der Waals surface area contributed by atoms with Crippen LogP contribution in [0, 0.1) is 12.7 Å². The number of aryl methyl sites for hydroxylation is 2. The predicted molar refractivity (Wildman–Crippen MR) is 112 cm³/mol. The number of rotatable bonds is 6. The Morgan fingerprint density at radius 3 is 3.00 bits per heavy atom. The Labute approximate surface area is 175 Å². The van der Waals surface area contributed by atoms with Gasteiger partial charge in [0.2, 0.25) is 0 Å². The fourth-order valence-electron chi connectivity index (χ4n) is 4.11. The Hall–Kier alpha value is -2.93. The lowest BCUT2D eigenvalue weighted by molar-refractivity contribution is 0.0767. The third kappa shape index (κ3) is 4.16. The van der Waals surface area contributed by atoms with E-state index in [9.17, 15) is 9.18 Å². The molecule has 30 heavy (non-hydrogen) atoms. The zero-order chi connectivity index (χ0) is 21.3. The number of furan rings is 1. The number of nitrogens with one attached hydrogen (secondary N) is 1. The zero-order valence-corrected chi connectivity index (χ0v) is 17.6. The first-order chi connectivity index (χ1) is 14.4. The number of halogens is 1. The quantitative estimate of drug-likeness (QED) is 0.677. The van der Waals surface area contributed by atoms with Crippen LogP contribution in [0.5, 0.6) is 0 Å². The number of amides is 1. The highest BCUT2D eigenvalue weighted by Gasteiger charge is 2.29. The second-order valence-corrected chi connectivity index (χ2v) is 8.03. The monoisotopic (exact) mass is 410 g/mol. The molecule has 3 aromatic rings. The normalized spacial score (nSPS) is 15.8. The van der Waals surface area contributed by atoms with Gasteiger partial charge in [-0.1, -0.05) is 6.07 Å². The molecule has 2 aromatic heterocycles. The number of hydrogen-bond acceptors (Lipinski definition) is 4. The lowest BCUT2D eigenvalue weighted by Crippen LogP contribution is -2.35. The van der Waals surface area contributed by atoms with Crippen LogP contribution >= 0.6 is 0 Å². The van der Waals surface area contributed by atoms with Crippen LogP contribution in [0.15, 0.2) is 41.0 Å². The van der Waals surface area contributed by atoms with E-state index >= 15 is 0 Å². The zero-order valence-electron chi connectivity index (χ0n) is 17.6. The van der Waals surface area contributed by atoms with Crippen LogP contribution in [-0.2, 0) is 33.0 Å². The molecular weight excluding hydrogens is 383 g/mol. The number of hydrogen-bond donors (Lipinski definition) is 1. The molecule has 1 aliphatic carbocycles. The van der Waals surface area contributed by atoms with E-state index in [0.29, 0.717) is 18.8 Å². The summed E-state index contributed by atoms with van der Waals surface area (Å²) in [7, 11) is 3.66. The Kier molecular flexibility index (Phi) is 5.72. The van der Waals surface area contributed by atoms with Gasteiger partial charge in [-0.3, -0.25) is 9.48 Å². The molecule has 1 atom stereocenters. The first-order valence-electron chi connectivity index (χ1n) is 10.2. The molecule has 4 rings (SSSR count). The molecule has 1 aliphatic rings. The minimum Gasteiger partial charge on any atom is -0.467 e. The van der Waals surface area contributed by atoms with Crippen LogP contribution in [-0.4, -0.2) is 33.7 Å². The highest BCUT2D eigenvalue weighted by molar-refractivity contribution is 5.94. The summed E-state index contributed by atoms with van der Waals surface area (Å²) in [5.41, 5.74) is 4.66. The van der Waals surface area contributed by atoms with E-state index in [4.69, 9.17) is 4.42 Å². The second kappa shape index (κ2) is 8.44. The van der Waals surface area contributed by atoms with Crippen molar-refractivity contribution in [1.29, 1.82) is 0 Å². The van der Waals surface area contributed by atoms with Gasteiger partial charge in [-0.25, -0.2) is 4.39 Å². The Morgan fingerprint density at radius 2 is 2.23 bits per heavy atom. The van der Waals surface area contributed by atoms with Gasteiger partial charge < -0.3 is 14.6 Å². The van der Waals surface area contributed by atoms with Gasteiger partial charge in [0, 0.05) is 37.9 Å². The molecule has 0 spiro atoms. The van der Waals surface area contributed by atoms with Crippen molar-refractivity contribution >= 4 is 5.91 Å². The summed E-state index contributed by atoms with van der Waals surface area (Å²) < 4.78 is 20.8. The van der Waals surface area contributed by atoms with Crippen LogP contribution < -0.4 is 5.32 Å². The Balaban J connectivity index is 1.47. The van der Waals surface area contributed by atoms with Crippen molar-refractivity contribution in [3.05, 3.63) is 76.3 Å². The lowest BCUT2D eigenvalue weighted by atomic mass is 9.91. The minimum atomic E-state index is -0.219. The number of fused-ring (bicyclic) bond motifs is 1. The molecule has 1 N–H and O–H groups in total. The van der Waals surface area contributed by atoms with Crippen molar-refractivity contribution in [2.75, 3.05) is 7.05 Å². The number of carbonyl (C=O) groups excluding carboxylic acids is 1. The highest BCUT2D eigenvalue weighted by atomic mass is 19.1. The third-order valence-corrected chi connectivity index (χ3v) is 5.87. The van der Waals surface area contributed by atoms with Gasteiger partial charge in [0.25, 0.3) is 5.91 Å². The first-order valence-corrected chi connectivity index (χ1v) is 10.2. The van der Waals surface area contributed by atoms with Gasteiger partial charge in [-0.15, -0.1) is 0 Å². The maximum absolute atomic E-state index is 13.6. The number of aromatic nitrogens is 2. The average Bonchev–Trinajstić information content (AvgIpc) is 3.36. The highest BCUT2D eigenvalue weighted by Crippen LogP contribution is 2.26. The summed E-state index contributed by atoms with van der Waals surface area (Å²) in [6.45, 7) is 2.99. The van der Waals surface area contributed by atoms with E-state index in [1.165, 1.54) is 6.07 Å². The summed E-state index contributed by atoms with van der Waals surface area (Å²) in [5, 5.41) is 8.08. The molecule has 0 fully saturated rings. The first kappa shape index (κ1) is 20.3. The molecule has 0 saturated heterocycles. The molecule has 0 aliphatic heterocycles. The molecule has 6 nitrogen and oxygen atoms in total. The van der Waals surface area contributed by atoms with Gasteiger partial charge in [0.1, 0.15) is 11.6 Å². The molecule has 0 bridgehead atoms. The number of carbonyl (C=O) groups is 1. The van der Waals surface area contributed by atoms with Crippen LogP contribution in [0.1, 0.15) is 45.1 Å². The van der Waals surface area contributed by atoms with Crippen LogP contribution in [0.2, 0.25) is 0 Å². The molecule has 1 amide bonds. The third-order valence-electron chi connectivity index (χ3n) is 5.87. The van der Waals surface area contributed by atoms with E-state index in [-0.39, 0.29) is 17.8 Å². The van der Waals surface area contributed by atoms with Gasteiger partial charge in [-0.2, -0.15) is 5.10 Å². The molecule has 0 saturated carbocycles. The van der Waals surface area contributed by atoms with Gasteiger partial charge in [-0.05, 0) is 61.6 Å². The van der Waals surface area contributed by atoms with Crippen molar-refractivity contribution in [2.45, 2.75) is 45.3 Å².